The molecule has 2 aromatic rings. The van der Waals surface area contributed by atoms with E-state index in [0.717, 1.165) is 21.2 Å². The van der Waals surface area contributed by atoms with Crippen molar-refractivity contribution >= 4 is 15.9 Å². The molecule has 0 N–H and O–H groups in total. The van der Waals surface area contributed by atoms with E-state index in [-0.39, 0.29) is 11.3 Å². The van der Waals surface area contributed by atoms with Crippen LogP contribution in [-0.4, -0.2) is 0 Å². The van der Waals surface area contributed by atoms with Crippen LogP contribution in [0, 0.1) is 20.8 Å². The molecule has 0 aromatic heterocycles. The van der Waals surface area contributed by atoms with Gasteiger partial charge in [-0.3, -0.25) is 0 Å². The molecule has 106 valence electrons. The third kappa shape index (κ3) is 3.18. The van der Waals surface area contributed by atoms with Crippen LogP contribution < -0.4 is 4.74 Å². The van der Waals surface area contributed by atoms with Gasteiger partial charge in [0.25, 0.3) is 0 Å². The second-order valence-corrected chi connectivity index (χ2v) is 5.72. The molecule has 0 atom stereocenters. The van der Waals surface area contributed by atoms with Crippen molar-refractivity contribution in [3.05, 3.63) is 63.1 Å². The Kier molecular flexibility index (Phi) is 4.14. The van der Waals surface area contributed by atoms with Gasteiger partial charge in [-0.15, -0.1) is 0 Å². The van der Waals surface area contributed by atoms with E-state index in [9.17, 15) is 8.78 Å². The molecule has 0 spiro atoms. The minimum atomic E-state index is -3.35. The third-order valence-electron chi connectivity index (χ3n) is 3.33. The lowest BCUT2D eigenvalue weighted by molar-refractivity contribution is -0.185. The zero-order chi connectivity index (χ0) is 14.9. The summed E-state index contributed by atoms with van der Waals surface area (Å²) >= 11 is 3.22. The van der Waals surface area contributed by atoms with Gasteiger partial charge in [-0.2, -0.15) is 8.78 Å². The van der Waals surface area contributed by atoms with Crippen molar-refractivity contribution in [2.45, 2.75) is 26.9 Å². The van der Waals surface area contributed by atoms with Gasteiger partial charge in [-0.05, 0) is 73.9 Å². The summed E-state index contributed by atoms with van der Waals surface area (Å²) in [5.74, 6) is 0.179. The maximum atomic E-state index is 14.1. The molecule has 4 heteroatoms. The van der Waals surface area contributed by atoms with Gasteiger partial charge in [0.1, 0.15) is 5.75 Å². The molecule has 0 unspecified atom stereocenters. The molecule has 0 aliphatic carbocycles. The fraction of sp³-hybridized carbons (Fsp3) is 0.250. The number of benzene rings is 2. The SMILES string of the molecule is Cc1cc(OC(F)(F)c2ccc(Br)cc2)cc(C)c1C. The van der Waals surface area contributed by atoms with Crippen molar-refractivity contribution in [1.29, 1.82) is 0 Å². The molecule has 2 rings (SSSR count). The van der Waals surface area contributed by atoms with Crippen LogP contribution in [-0.2, 0) is 6.11 Å². The van der Waals surface area contributed by atoms with E-state index in [1.165, 1.54) is 12.1 Å². The minimum Gasteiger partial charge on any atom is -0.429 e. The molecule has 0 heterocycles. The molecule has 1 nitrogen and oxygen atoms in total. The standard InChI is InChI=1S/C16H15BrF2O/c1-10-8-15(9-11(2)12(10)3)20-16(18,19)13-4-6-14(17)7-5-13/h4-9H,1-3H3. The molecule has 0 amide bonds. The number of alkyl halides is 2. The summed E-state index contributed by atoms with van der Waals surface area (Å²) in [5.41, 5.74) is 2.79. The van der Waals surface area contributed by atoms with Crippen LogP contribution in [0.3, 0.4) is 0 Å². The smallest absolute Gasteiger partial charge is 0.426 e. The van der Waals surface area contributed by atoms with E-state index in [4.69, 9.17) is 4.74 Å². The molecule has 20 heavy (non-hydrogen) atoms. The van der Waals surface area contributed by atoms with Crippen molar-refractivity contribution in [3.8, 4) is 5.75 Å². The van der Waals surface area contributed by atoms with Crippen molar-refractivity contribution in [2.24, 2.45) is 0 Å². The van der Waals surface area contributed by atoms with Gasteiger partial charge in [-0.1, -0.05) is 15.9 Å². The van der Waals surface area contributed by atoms with E-state index in [0.29, 0.717) is 0 Å². The maximum absolute atomic E-state index is 14.1. The summed E-state index contributed by atoms with van der Waals surface area (Å²) in [4.78, 5) is 0. The van der Waals surface area contributed by atoms with Gasteiger partial charge in [0.05, 0.1) is 5.56 Å². The number of hydrogen-bond acceptors (Lipinski definition) is 1. The first kappa shape index (κ1) is 15.0. The van der Waals surface area contributed by atoms with E-state index in [2.05, 4.69) is 15.9 Å². The van der Waals surface area contributed by atoms with Gasteiger partial charge in [0.15, 0.2) is 0 Å². The highest BCUT2D eigenvalue weighted by Gasteiger charge is 2.34. The second-order valence-electron chi connectivity index (χ2n) is 4.81. The Morgan fingerprint density at radius 3 is 1.95 bits per heavy atom. The summed E-state index contributed by atoms with van der Waals surface area (Å²) in [6.45, 7) is 5.72. The van der Waals surface area contributed by atoms with Crippen molar-refractivity contribution in [3.63, 3.8) is 0 Å². The molecule has 0 radical (unpaired) electrons. The zero-order valence-electron chi connectivity index (χ0n) is 11.5. The predicted molar refractivity (Wildman–Crippen MR) is 79.3 cm³/mol. The van der Waals surface area contributed by atoms with Crippen LogP contribution in [0.4, 0.5) is 8.78 Å². The molecule has 0 fully saturated rings. The first-order chi connectivity index (χ1) is 9.29. The maximum Gasteiger partial charge on any atom is 0.426 e. The Labute approximate surface area is 125 Å². The Hall–Kier alpha value is -1.42. The number of aryl methyl sites for hydroxylation is 2. The molecule has 0 saturated heterocycles. The summed E-state index contributed by atoms with van der Waals surface area (Å²) in [6, 6.07) is 9.09. The molecule has 0 saturated carbocycles. The average Bonchev–Trinajstić information content (AvgIpc) is 2.36. The minimum absolute atomic E-state index is 0.170. The summed E-state index contributed by atoms with van der Waals surface area (Å²) in [5, 5.41) is 0. The van der Waals surface area contributed by atoms with Crippen LogP contribution >= 0.6 is 15.9 Å². The van der Waals surface area contributed by atoms with Gasteiger partial charge in [0, 0.05) is 4.47 Å². The van der Waals surface area contributed by atoms with Crippen molar-refractivity contribution in [1.82, 2.24) is 0 Å². The first-order valence-electron chi connectivity index (χ1n) is 6.20. The van der Waals surface area contributed by atoms with Gasteiger partial charge in [-0.25, -0.2) is 0 Å². The first-order valence-corrected chi connectivity index (χ1v) is 6.99. The summed E-state index contributed by atoms with van der Waals surface area (Å²) < 4.78 is 33.8. The van der Waals surface area contributed by atoms with Crippen molar-refractivity contribution < 1.29 is 13.5 Å². The van der Waals surface area contributed by atoms with E-state index >= 15 is 0 Å². The average molecular weight is 341 g/mol. The largest absolute Gasteiger partial charge is 0.429 e. The molecular formula is C16H15BrF2O. The lowest BCUT2D eigenvalue weighted by Gasteiger charge is -2.19. The Balaban J connectivity index is 2.30. The monoisotopic (exact) mass is 340 g/mol. The molecule has 0 aliphatic heterocycles. The lowest BCUT2D eigenvalue weighted by Crippen LogP contribution is -2.21. The third-order valence-corrected chi connectivity index (χ3v) is 3.86. The highest BCUT2D eigenvalue weighted by molar-refractivity contribution is 9.10. The molecule has 0 aliphatic rings. The number of ether oxygens (including phenoxy) is 1. The lowest BCUT2D eigenvalue weighted by atomic mass is 10.0. The topological polar surface area (TPSA) is 9.23 Å². The Morgan fingerprint density at radius 1 is 0.950 bits per heavy atom. The highest BCUT2D eigenvalue weighted by atomic mass is 79.9. The van der Waals surface area contributed by atoms with Crippen molar-refractivity contribution in [2.75, 3.05) is 0 Å². The van der Waals surface area contributed by atoms with Crippen LogP contribution in [0.5, 0.6) is 5.75 Å². The van der Waals surface area contributed by atoms with E-state index < -0.39 is 6.11 Å². The summed E-state index contributed by atoms with van der Waals surface area (Å²) in [7, 11) is 0. The van der Waals surface area contributed by atoms with E-state index in [1.54, 1.807) is 24.3 Å². The summed E-state index contributed by atoms with van der Waals surface area (Å²) in [6.07, 6.45) is -3.35. The fourth-order valence-electron chi connectivity index (χ4n) is 1.91. The quantitative estimate of drug-likeness (QED) is 0.716. The molecular weight excluding hydrogens is 326 g/mol. The Bertz CT molecular complexity index is 598. The molecule has 0 bridgehead atoms. The number of halogens is 3. The predicted octanol–water partition coefficient (Wildman–Crippen LogP) is 5.50. The van der Waals surface area contributed by atoms with Crippen LogP contribution in [0.25, 0.3) is 0 Å². The van der Waals surface area contributed by atoms with Crippen LogP contribution in [0.2, 0.25) is 0 Å². The zero-order valence-corrected chi connectivity index (χ0v) is 13.1. The van der Waals surface area contributed by atoms with Crippen LogP contribution in [0.1, 0.15) is 22.3 Å². The normalized spacial score (nSPS) is 11.5. The van der Waals surface area contributed by atoms with Gasteiger partial charge < -0.3 is 4.74 Å². The fourth-order valence-corrected chi connectivity index (χ4v) is 2.17. The van der Waals surface area contributed by atoms with E-state index in [1.807, 2.05) is 20.8 Å². The van der Waals surface area contributed by atoms with Gasteiger partial charge >= 0.3 is 6.11 Å². The highest BCUT2D eigenvalue weighted by Crippen LogP contribution is 2.33. The number of rotatable bonds is 3. The van der Waals surface area contributed by atoms with Crippen LogP contribution in [0.15, 0.2) is 40.9 Å². The number of hydrogen-bond donors (Lipinski definition) is 0. The Morgan fingerprint density at radius 2 is 1.45 bits per heavy atom. The molecule has 2 aromatic carbocycles. The van der Waals surface area contributed by atoms with Gasteiger partial charge in [0.2, 0.25) is 0 Å². The second kappa shape index (κ2) is 5.52.